The lowest BCUT2D eigenvalue weighted by Gasteiger charge is -2.24. The Kier molecular flexibility index (Phi) is 2.46. The van der Waals surface area contributed by atoms with E-state index in [2.05, 4.69) is 5.32 Å². The number of halogens is 3. The van der Waals surface area contributed by atoms with Crippen LogP contribution in [0.5, 0.6) is 0 Å². The van der Waals surface area contributed by atoms with E-state index in [-0.39, 0.29) is 5.92 Å². The molecule has 2 rings (SSSR count). The highest BCUT2D eigenvalue weighted by molar-refractivity contribution is 5.37. The summed E-state index contributed by atoms with van der Waals surface area (Å²) in [5, 5.41) is 3.10. The fraction of sp³-hybridized carbons (Fsp3) is 0.455. The van der Waals surface area contributed by atoms with Crippen molar-refractivity contribution in [3.8, 4) is 0 Å². The zero-order chi connectivity index (χ0) is 11.1. The molecule has 0 saturated heterocycles. The Morgan fingerprint density at radius 1 is 1.33 bits per heavy atom. The van der Waals surface area contributed by atoms with E-state index in [0.29, 0.717) is 6.54 Å². The monoisotopic (exact) mass is 215 g/mol. The van der Waals surface area contributed by atoms with Crippen LogP contribution in [0.25, 0.3) is 0 Å². The highest BCUT2D eigenvalue weighted by atomic mass is 19.4. The quantitative estimate of drug-likeness (QED) is 0.701. The van der Waals surface area contributed by atoms with Gasteiger partial charge < -0.3 is 5.32 Å². The lowest BCUT2D eigenvalue weighted by atomic mass is 9.91. The third kappa shape index (κ3) is 2.00. The Labute approximate surface area is 86.3 Å². The minimum Gasteiger partial charge on any atom is -0.312 e. The molecule has 4 heteroatoms. The van der Waals surface area contributed by atoms with Gasteiger partial charge in [-0.15, -0.1) is 0 Å². The van der Waals surface area contributed by atoms with Gasteiger partial charge in [-0.05, 0) is 29.2 Å². The molecular formula is C11H12F3N. The van der Waals surface area contributed by atoms with Crippen LogP contribution in [-0.4, -0.2) is 6.54 Å². The largest absolute Gasteiger partial charge is 0.416 e. The summed E-state index contributed by atoms with van der Waals surface area (Å²) in [4.78, 5) is 0. The molecule has 0 saturated carbocycles. The molecule has 0 spiro atoms. The molecule has 82 valence electrons. The SMILES string of the molecule is C[C@H]1CNCc2cc(C(F)(F)F)ccc21. The first kappa shape index (κ1) is 10.5. The molecule has 0 unspecified atom stereocenters. The Hall–Kier alpha value is -1.03. The van der Waals surface area contributed by atoms with Crippen LogP contribution >= 0.6 is 0 Å². The predicted octanol–water partition coefficient (Wildman–Crippen LogP) is 2.91. The van der Waals surface area contributed by atoms with Gasteiger partial charge in [0.25, 0.3) is 0 Å². The number of hydrogen-bond acceptors (Lipinski definition) is 1. The van der Waals surface area contributed by atoms with Crippen LogP contribution in [0.2, 0.25) is 0 Å². The number of rotatable bonds is 0. The van der Waals surface area contributed by atoms with Gasteiger partial charge in [-0.25, -0.2) is 0 Å². The minimum absolute atomic E-state index is 0.288. The van der Waals surface area contributed by atoms with Crippen molar-refractivity contribution in [2.45, 2.75) is 25.6 Å². The van der Waals surface area contributed by atoms with Gasteiger partial charge in [-0.1, -0.05) is 13.0 Å². The Morgan fingerprint density at radius 3 is 2.73 bits per heavy atom. The third-order valence-electron chi connectivity index (χ3n) is 2.77. The van der Waals surface area contributed by atoms with Crippen LogP contribution in [0, 0.1) is 0 Å². The minimum atomic E-state index is -4.24. The first-order valence-corrected chi connectivity index (χ1v) is 4.89. The first-order chi connectivity index (χ1) is 6.98. The summed E-state index contributed by atoms with van der Waals surface area (Å²) in [6, 6.07) is 4.02. The van der Waals surface area contributed by atoms with Gasteiger partial charge in [-0.3, -0.25) is 0 Å². The fourth-order valence-electron chi connectivity index (χ4n) is 1.95. The smallest absolute Gasteiger partial charge is 0.312 e. The summed E-state index contributed by atoms with van der Waals surface area (Å²) in [5.41, 5.74) is 1.24. The normalized spacial score (nSPS) is 21.2. The molecule has 0 radical (unpaired) electrons. The highest BCUT2D eigenvalue weighted by Crippen LogP contribution is 2.33. The van der Waals surface area contributed by atoms with E-state index in [1.165, 1.54) is 12.1 Å². The molecule has 1 N–H and O–H groups in total. The Balaban J connectivity index is 2.42. The van der Waals surface area contributed by atoms with Crippen molar-refractivity contribution in [3.05, 3.63) is 34.9 Å². The van der Waals surface area contributed by atoms with Crippen LogP contribution in [0.4, 0.5) is 13.2 Å². The molecule has 0 bridgehead atoms. The first-order valence-electron chi connectivity index (χ1n) is 4.89. The Morgan fingerprint density at radius 2 is 2.07 bits per heavy atom. The average Bonchev–Trinajstić information content (AvgIpc) is 2.16. The highest BCUT2D eigenvalue weighted by Gasteiger charge is 2.31. The van der Waals surface area contributed by atoms with Gasteiger partial charge in [0.2, 0.25) is 0 Å². The molecule has 1 heterocycles. The maximum atomic E-state index is 12.4. The summed E-state index contributed by atoms with van der Waals surface area (Å²) in [5.74, 6) is 0.288. The van der Waals surface area contributed by atoms with Crippen molar-refractivity contribution >= 4 is 0 Å². The number of benzene rings is 1. The van der Waals surface area contributed by atoms with E-state index < -0.39 is 11.7 Å². The second-order valence-electron chi connectivity index (χ2n) is 3.94. The van der Waals surface area contributed by atoms with Crippen LogP contribution in [-0.2, 0) is 12.7 Å². The maximum absolute atomic E-state index is 12.4. The summed E-state index contributed by atoms with van der Waals surface area (Å²) >= 11 is 0. The molecule has 1 nitrogen and oxygen atoms in total. The van der Waals surface area contributed by atoms with Gasteiger partial charge in [0.15, 0.2) is 0 Å². The number of nitrogens with one attached hydrogen (secondary N) is 1. The van der Waals surface area contributed by atoms with E-state index in [1.807, 2.05) is 6.92 Å². The maximum Gasteiger partial charge on any atom is 0.416 e. The van der Waals surface area contributed by atoms with Crippen LogP contribution < -0.4 is 5.32 Å². The molecule has 0 fully saturated rings. The second-order valence-corrected chi connectivity index (χ2v) is 3.94. The van der Waals surface area contributed by atoms with Gasteiger partial charge >= 0.3 is 6.18 Å². The second kappa shape index (κ2) is 3.52. The zero-order valence-corrected chi connectivity index (χ0v) is 8.36. The topological polar surface area (TPSA) is 12.0 Å². The molecule has 1 aliphatic rings. The number of alkyl halides is 3. The number of fused-ring (bicyclic) bond motifs is 1. The van der Waals surface area contributed by atoms with Crippen molar-refractivity contribution in [3.63, 3.8) is 0 Å². The van der Waals surface area contributed by atoms with Crippen molar-refractivity contribution in [1.29, 1.82) is 0 Å². The van der Waals surface area contributed by atoms with Gasteiger partial charge in [0.05, 0.1) is 5.56 Å². The molecule has 15 heavy (non-hydrogen) atoms. The molecular weight excluding hydrogens is 203 g/mol. The average molecular weight is 215 g/mol. The molecule has 0 amide bonds. The lowest BCUT2D eigenvalue weighted by Crippen LogP contribution is -2.27. The summed E-state index contributed by atoms with van der Waals surface area (Å²) in [7, 11) is 0. The Bertz CT molecular complexity index is 371. The number of hydrogen-bond donors (Lipinski definition) is 1. The molecule has 1 aromatic rings. The molecule has 0 aliphatic carbocycles. The zero-order valence-electron chi connectivity index (χ0n) is 8.36. The van der Waals surface area contributed by atoms with E-state index in [4.69, 9.17) is 0 Å². The molecule has 0 aromatic heterocycles. The van der Waals surface area contributed by atoms with Crippen molar-refractivity contribution < 1.29 is 13.2 Å². The van der Waals surface area contributed by atoms with E-state index >= 15 is 0 Å². The third-order valence-corrected chi connectivity index (χ3v) is 2.77. The van der Waals surface area contributed by atoms with Crippen LogP contribution in [0.1, 0.15) is 29.5 Å². The molecule has 1 aromatic carbocycles. The summed E-state index contributed by atoms with van der Waals surface area (Å²) in [6.07, 6.45) is -4.24. The van der Waals surface area contributed by atoms with Crippen LogP contribution in [0.15, 0.2) is 18.2 Å². The summed E-state index contributed by atoms with van der Waals surface area (Å²) in [6.45, 7) is 3.38. The van der Waals surface area contributed by atoms with E-state index in [1.54, 1.807) is 6.07 Å². The van der Waals surface area contributed by atoms with Gasteiger partial charge in [0.1, 0.15) is 0 Å². The van der Waals surface area contributed by atoms with Crippen LogP contribution in [0.3, 0.4) is 0 Å². The fourth-order valence-corrected chi connectivity index (χ4v) is 1.95. The van der Waals surface area contributed by atoms with E-state index in [9.17, 15) is 13.2 Å². The van der Waals surface area contributed by atoms with Crippen molar-refractivity contribution in [1.82, 2.24) is 5.32 Å². The predicted molar refractivity (Wildman–Crippen MR) is 51.6 cm³/mol. The summed E-state index contributed by atoms with van der Waals surface area (Å²) < 4.78 is 37.3. The molecule has 1 aliphatic heterocycles. The lowest BCUT2D eigenvalue weighted by molar-refractivity contribution is -0.137. The van der Waals surface area contributed by atoms with Gasteiger partial charge in [0, 0.05) is 13.1 Å². The van der Waals surface area contributed by atoms with E-state index in [0.717, 1.165) is 17.7 Å². The van der Waals surface area contributed by atoms with Crippen molar-refractivity contribution in [2.24, 2.45) is 0 Å². The molecule has 1 atom stereocenters. The standard InChI is InChI=1S/C11H12F3N/c1-7-5-15-6-8-4-9(11(12,13)14)2-3-10(7)8/h2-4,7,15H,5-6H2,1H3/t7-/m0/s1. The van der Waals surface area contributed by atoms with Gasteiger partial charge in [-0.2, -0.15) is 13.2 Å². The van der Waals surface area contributed by atoms with Crippen molar-refractivity contribution in [2.75, 3.05) is 6.54 Å².